The van der Waals surface area contributed by atoms with Crippen LogP contribution in [0.1, 0.15) is 25.3 Å². The molecule has 1 aromatic rings. The number of benzene rings is 1. The van der Waals surface area contributed by atoms with Crippen LogP contribution in [0.4, 0.5) is 5.69 Å². The summed E-state index contributed by atoms with van der Waals surface area (Å²) < 4.78 is 5.33. The summed E-state index contributed by atoms with van der Waals surface area (Å²) in [4.78, 5) is 29.2. The topological polar surface area (TPSA) is 87.9 Å². The van der Waals surface area contributed by atoms with Gasteiger partial charge in [-0.05, 0) is 43.0 Å². The van der Waals surface area contributed by atoms with Crippen molar-refractivity contribution in [3.8, 4) is 0 Å². The van der Waals surface area contributed by atoms with Crippen molar-refractivity contribution in [2.75, 3.05) is 51.3 Å². The van der Waals surface area contributed by atoms with Crippen molar-refractivity contribution < 1.29 is 14.3 Å². The summed E-state index contributed by atoms with van der Waals surface area (Å²) >= 11 is 0. The average Bonchev–Trinajstić information content (AvgIpc) is 2.75. The standard InChI is InChI=1S/C21H32N4O3/c1-2-24-9-11-25(12-10-24)19(26)15-16-3-5-18(6-4-16)23-21(27)20(22)17-7-13-28-14-8-17/h3-6,17,20H,2,7-15,22H2,1H3,(H,23,27). The average molecular weight is 389 g/mol. The van der Waals surface area contributed by atoms with E-state index in [0.717, 1.165) is 51.1 Å². The second-order valence-electron chi connectivity index (χ2n) is 7.65. The minimum Gasteiger partial charge on any atom is -0.381 e. The molecule has 2 saturated heterocycles. The van der Waals surface area contributed by atoms with Gasteiger partial charge in [-0.15, -0.1) is 0 Å². The number of likely N-dealkylation sites (N-methyl/N-ethyl adjacent to an activating group) is 1. The molecule has 1 unspecified atom stereocenters. The van der Waals surface area contributed by atoms with Crippen molar-refractivity contribution in [3.63, 3.8) is 0 Å². The summed E-state index contributed by atoms with van der Waals surface area (Å²) in [7, 11) is 0. The number of carbonyl (C=O) groups excluding carboxylic acids is 2. The summed E-state index contributed by atoms with van der Waals surface area (Å²) in [6.07, 6.45) is 2.03. The van der Waals surface area contributed by atoms with E-state index in [4.69, 9.17) is 10.5 Å². The number of nitrogens with zero attached hydrogens (tertiary/aromatic N) is 2. The smallest absolute Gasteiger partial charge is 0.241 e. The predicted molar refractivity (Wildman–Crippen MR) is 109 cm³/mol. The number of rotatable bonds is 6. The SMILES string of the molecule is CCN1CCN(C(=O)Cc2ccc(NC(=O)C(N)C3CCOCC3)cc2)CC1. The van der Waals surface area contributed by atoms with Gasteiger partial charge in [0.1, 0.15) is 0 Å². The van der Waals surface area contributed by atoms with Crippen LogP contribution in [-0.4, -0.2) is 73.6 Å². The van der Waals surface area contributed by atoms with Crippen molar-refractivity contribution in [2.24, 2.45) is 11.7 Å². The van der Waals surface area contributed by atoms with Gasteiger partial charge >= 0.3 is 0 Å². The minimum atomic E-state index is -0.521. The molecule has 0 bridgehead atoms. The lowest BCUT2D eigenvalue weighted by Crippen LogP contribution is -2.48. The van der Waals surface area contributed by atoms with Crippen LogP contribution in [0.2, 0.25) is 0 Å². The zero-order valence-corrected chi connectivity index (χ0v) is 16.7. The van der Waals surface area contributed by atoms with E-state index in [0.29, 0.717) is 25.3 Å². The van der Waals surface area contributed by atoms with Gasteiger partial charge in [-0.2, -0.15) is 0 Å². The number of amides is 2. The number of carbonyl (C=O) groups is 2. The maximum Gasteiger partial charge on any atom is 0.241 e. The molecule has 7 nitrogen and oxygen atoms in total. The van der Waals surface area contributed by atoms with Gasteiger partial charge in [0, 0.05) is 45.1 Å². The summed E-state index contributed by atoms with van der Waals surface area (Å²) in [5.41, 5.74) is 7.78. The monoisotopic (exact) mass is 388 g/mol. The highest BCUT2D eigenvalue weighted by Gasteiger charge is 2.26. The molecule has 2 aliphatic rings. The molecule has 154 valence electrons. The van der Waals surface area contributed by atoms with Crippen molar-refractivity contribution in [1.82, 2.24) is 9.80 Å². The fourth-order valence-corrected chi connectivity index (χ4v) is 3.82. The van der Waals surface area contributed by atoms with Gasteiger partial charge in [0.05, 0.1) is 12.5 Å². The van der Waals surface area contributed by atoms with Crippen LogP contribution in [0.25, 0.3) is 0 Å². The Labute approximate surface area is 167 Å². The molecule has 0 aliphatic carbocycles. The van der Waals surface area contributed by atoms with E-state index in [1.807, 2.05) is 29.2 Å². The van der Waals surface area contributed by atoms with E-state index in [9.17, 15) is 9.59 Å². The molecule has 2 aliphatic heterocycles. The number of piperazine rings is 1. The fourth-order valence-electron chi connectivity index (χ4n) is 3.82. The predicted octanol–water partition coefficient (Wildman–Crippen LogP) is 1.09. The van der Waals surface area contributed by atoms with Crippen molar-refractivity contribution >= 4 is 17.5 Å². The highest BCUT2D eigenvalue weighted by Crippen LogP contribution is 2.19. The minimum absolute atomic E-state index is 0.161. The zero-order chi connectivity index (χ0) is 19.9. The molecule has 0 saturated carbocycles. The molecule has 2 fully saturated rings. The Morgan fingerprint density at radius 2 is 1.79 bits per heavy atom. The maximum absolute atomic E-state index is 12.5. The van der Waals surface area contributed by atoms with E-state index >= 15 is 0 Å². The number of nitrogens with two attached hydrogens (primary N) is 1. The summed E-state index contributed by atoms with van der Waals surface area (Å²) in [5, 5.41) is 2.89. The third kappa shape index (κ3) is 5.53. The third-order valence-corrected chi connectivity index (χ3v) is 5.83. The van der Waals surface area contributed by atoms with Crippen molar-refractivity contribution in [2.45, 2.75) is 32.2 Å². The second kappa shape index (κ2) is 10.0. The van der Waals surface area contributed by atoms with Crippen LogP contribution in [-0.2, 0) is 20.7 Å². The van der Waals surface area contributed by atoms with E-state index in [1.165, 1.54) is 0 Å². The van der Waals surface area contributed by atoms with Crippen LogP contribution >= 0.6 is 0 Å². The molecule has 3 rings (SSSR count). The van der Waals surface area contributed by atoms with Gasteiger partial charge in [0.25, 0.3) is 0 Å². The van der Waals surface area contributed by atoms with Crippen molar-refractivity contribution in [1.29, 1.82) is 0 Å². The number of anilines is 1. The first-order chi connectivity index (χ1) is 13.6. The summed E-state index contributed by atoms with van der Waals surface area (Å²) in [6.45, 7) is 8.00. The van der Waals surface area contributed by atoms with Crippen LogP contribution in [0.3, 0.4) is 0 Å². The van der Waals surface area contributed by atoms with Crippen LogP contribution in [0.5, 0.6) is 0 Å². The van der Waals surface area contributed by atoms with E-state index < -0.39 is 6.04 Å². The lowest BCUT2D eigenvalue weighted by atomic mass is 9.92. The van der Waals surface area contributed by atoms with Gasteiger partial charge in [0.2, 0.25) is 11.8 Å². The molecule has 28 heavy (non-hydrogen) atoms. The Balaban J connectivity index is 1.48. The van der Waals surface area contributed by atoms with Crippen LogP contribution in [0, 0.1) is 5.92 Å². The van der Waals surface area contributed by atoms with Crippen LogP contribution in [0.15, 0.2) is 24.3 Å². The van der Waals surface area contributed by atoms with Gasteiger partial charge in [-0.25, -0.2) is 0 Å². The van der Waals surface area contributed by atoms with Gasteiger partial charge < -0.3 is 25.6 Å². The summed E-state index contributed by atoms with van der Waals surface area (Å²) in [5.74, 6) is 0.164. The molecule has 0 spiro atoms. The Morgan fingerprint density at radius 3 is 2.39 bits per heavy atom. The highest BCUT2D eigenvalue weighted by atomic mass is 16.5. The van der Waals surface area contributed by atoms with E-state index in [2.05, 4.69) is 17.1 Å². The number of ether oxygens (including phenoxy) is 1. The largest absolute Gasteiger partial charge is 0.381 e. The van der Waals surface area contributed by atoms with E-state index in [1.54, 1.807) is 0 Å². The fraction of sp³-hybridized carbons (Fsp3) is 0.619. The van der Waals surface area contributed by atoms with Gasteiger partial charge in [-0.3, -0.25) is 9.59 Å². The van der Waals surface area contributed by atoms with Gasteiger partial charge in [-0.1, -0.05) is 19.1 Å². The molecule has 7 heteroatoms. The maximum atomic E-state index is 12.5. The Kier molecular flexibility index (Phi) is 7.42. The lowest BCUT2D eigenvalue weighted by molar-refractivity contribution is -0.132. The molecular weight excluding hydrogens is 356 g/mol. The number of nitrogens with one attached hydrogen (secondary N) is 1. The van der Waals surface area contributed by atoms with Crippen LogP contribution < -0.4 is 11.1 Å². The molecule has 0 aromatic heterocycles. The Morgan fingerprint density at radius 1 is 1.14 bits per heavy atom. The third-order valence-electron chi connectivity index (χ3n) is 5.83. The second-order valence-corrected chi connectivity index (χ2v) is 7.65. The highest BCUT2D eigenvalue weighted by molar-refractivity contribution is 5.95. The lowest BCUT2D eigenvalue weighted by Gasteiger charge is -2.34. The Bertz CT molecular complexity index is 650. The number of hydrogen-bond donors (Lipinski definition) is 2. The molecule has 1 aromatic carbocycles. The Hall–Kier alpha value is -1.96. The van der Waals surface area contributed by atoms with Gasteiger partial charge in [0.15, 0.2) is 0 Å². The molecule has 2 heterocycles. The normalized spacial score (nSPS) is 20.0. The van der Waals surface area contributed by atoms with E-state index in [-0.39, 0.29) is 17.7 Å². The molecule has 1 atom stereocenters. The molecule has 0 radical (unpaired) electrons. The first-order valence-corrected chi connectivity index (χ1v) is 10.3. The summed E-state index contributed by atoms with van der Waals surface area (Å²) in [6, 6.07) is 6.95. The first-order valence-electron chi connectivity index (χ1n) is 10.3. The zero-order valence-electron chi connectivity index (χ0n) is 16.7. The number of hydrogen-bond acceptors (Lipinski definition) is 5. The quantitative estimate of drug-likeness (QED) is 0.762. The molecular formula is C21H32N4O3. The molecule has 3 N–H and O–H groups in total. The first kappa shape index (κ1) is 20.8. The molecule has 2 amide bonds. The van der Waals surface area contributed by atoms with Crippen molar-refractivity contribution in [3.05, 3.63) is 29.8 Å².